The molecule has 0 aliphatic rings. The van der Waals surface area contributed by atoms with E-state index in [1.54, 1.807) is 7.11 Å². The van der Waals surface area contributed by atoms with Gasteiger partial charge < -0.3 is 9.84 Å². The molecule has 2 nitrogen and oxygen atoms in total. The SMILES string of the molecule is COc1ccc2cc(C(O)c3ccccc3I)ccc2c1. The molecule has 1 atom stereocenters. The number of methoxy groups -OCH3 is 1. The lowest BCUT2D eigenvalue weighted by Gasteiger charge is -2.14. The Labute approximate surface area is 137 Å². The largest absolute Gasteiger partial charge is 0.497 e. The molecule has 3 rings (SSSR count). The molecule has 3 aromatic carbocycles. The average molecular weight is 390 g/mol. The van der Waals surface area contributed by atoms with Crippen LogP contribution in [0.5, 0.6) is 5.75 Å². The maximum absolute atomic E-state index is 10.6. The van der Waals surface area contributed by atoms with Gasteiger partial charge in [-0.2, -0.15) is 0 Å². The molecular formula is C18H15IO2. The molecular weight excluding hydrogens is 375 g/mol. The van der Waals surface area contributed by atoms with E-state index in [1.165, 1.54) is 0 Å². The van der Waals surface area contributed by atoms with Crippen molar-refractivity contribution in [2.24, 2.45) is 0 Å². The van der Waals surface area contributed by atoms with Crippen molar-refractivity contribution in [1.29, 1.82) is 0 Å². The van der Waals surface area contributed by atoms with Gasteiger partial charge in [-0.25, -0.2) is 0 Å². The number of benzene rings is 3. The Morgan fingerprint density at radius 3 is 2.43 bits per heavy atom. The van der Waals surface area contributed by atoms with E-state index < -0.39 is 6.10 Å². The van der Waals surface area contributed by atoms with Crippen molar-refractivity contribution in [1.82, 2.24) is 0 Å². The van der Waals surface area contributed by atoms with Crippen LogP contribution in [0.4, 0.5) is 0 Å². The Balaban J connectivity index is 2.03. The van der Waals surface area contributed by atoms with Gasteiger partial charge in [0.15, 0.2) is 0 Å². The van der Waals surface area contributed by atoms with Gasteiger partial charge >= 0.3 is 0 Å². The molecule has 0 radical (unpaired) electrons. The number of halogens is 1. The Morgan fingerprint density at radius 1 is 0.952 bits per heavy atom. The number of hydrogen-bond acceptors (Lipinski definition) is 2. The molecule has 0 amide bonds. The predicted octanol–water partition coefficient (Wildman–Crippen LogP) is 4.53. The van der Waals surface area contributed by atoms with Crippen LogP contribution in [0.3, 0.4) is 0 Å². The van der Waals surface area contributed by atoms with E-state index in [-0.39, 0.29) is 0 Å². The van der Waals surface area contributed by atoms with Gasteiger partial charge in [0.2, 0.25) is 0 Å². The van der Waals surface area contributed by atoms with Crippen LogP contribution in [-0.4, -0.2) is 12.2 Å². The monoisotopic (exact) mass is 390 g/mol. The third kappa shape index (κ3) is 2.89. The Bertz CT molecular complexity index is 783. The van der Waals surface area contributed by atoms with Crippen molar-refractivity contribution in [3.63, 3.8) is 0 Å². The Kier molecular flexibility index (Phi) is 4.12. The quantitative estimate of drug-likeness (QED) is 0.666. The van der Waals surface area contributed by atoms with Crippen molar-refractivity contribution in [2.45, 2.75) is 6.10 Å². The lowest BCUT2D eigenvalue weighted by molar-refractivity contribution is 0.219. The summed E-state index contributed by atoms with van der Waals surface area (Å²) in [6.45, 7) is 0. The fourth-order valence-corrected chi connectivity index (χ4v) is 3.10. The van der Waals surface area contributed by atoms with Gasteiger partial charge in [0, 0.05) is 3.57 Å². The standard InChI is InChI=1S/C18H15IO2/c1-21-15-9-8-12-10-14(7-6-13(12)11-15)18(20)16-4-2-3-5-17(16)19/h2-11,18,20H,1H3. The van der Waals surface area contributed by atoms with Crippen molar-refractivity contribution < 1.29 is 9.84 Å². The highest BCUT2D eigenvalue weighted by Crippen LogP contribution is 2.29. The minimum Gasteiger partial charge on any atom is -0.497 e. The van der Waals surface area contributed by atoms with Crippen LogP contribution in [0, 0.1) is 3.57 Å². The number of fused-ring (bicyclic) bond motifs is 1. The van der Waals surface area contributed by atoms with Gasteiger partial charge in [0.05, 0.1) is 7.11 Å². The average Bonchev–Trinajstić information content (AvgIpc) is 2.53. The number of aliphatic hydroxyl groups excluding tert-OH is 1. The zero-order chi connectivity index (χ0) is 14.8. The van der Waals surface area contributed by atoms with Crippen LogP contribution in [0.1, 0.15) is 17.2 Å². The highest BCUT2D eigenvalue weighted by Gasteiger charge is 2.13. The minimum absolute atomic E-state index is 0.607. The van der Waals surface area contributed by atoms with Crippen LogP contribution in [0.25, 0.3) is 10.8 Å². The second-order valence-electron chi connectivity index (χ2n) is 4.90. The summed E-state index contributed by atoms with van der Waals surface area (Å²) in [5.41, 5.74) is 1.84. The lowest BCUT2D eigenvalue weighted by atomic mass is 9.98. The minimum atomic E-state index is -0.607. The van der Waals surface area contributed by atoms with E-state index in [1.807, 2.05) is 60.7 Å². The number of aliphatic hydroxyl groups is 1. The smallest absolute Gasteiger partial charge is 0.119 e. The molecule has 21 heavy (non-hydrogen) atoms. The summed E-state index contributed by atoms with van der Waals surface area (Å²) in [6, 6.07) is 19.9. The van der Waals surface area contributed by atoms with Gasteiger partial charge in [0.1, 0.15) is 11.9 Å². The summed E-state index contributed by atoms with van der Waals surface area (Å²) in [6.07, 6.45) is -0.607. The lowest BCUT2D eigenvalue weighted by Crippen LogP contribution is -2.01. The van der Waals surface area contributed by atoms with Crippen molar-refractivity contribution in [3.05, 3.63) is 75.4 Å². The summed E-state index contributed by atoms with van der Waals surface area (Å²) in [5.74, 6) is 0.841. The first-order valence-electron chi connectivity index (χ1n) is 6.69. The van der Waals surface area contributed by atoms with E-state index in [2.05, 4.69) is 22.6 Å². The molecule has 0 spiro atoms. The molecule has 0 saturated heterocycles. The molecule has 0 bridgehead atoms. The van der Waals surface area contributed by atoms with Gasteiger partial charge in [-0.3, -0.25) is 0 Å². The summed E-state index contributed by atoms with van der Waals surface area (Å²) < 4.78 is 6.30. The third-order valence-electron chi connectivity index (χ3n) is 3.59. The van der Waals surface area contributed by atoms with Crippen molar-refractivity contribution in [3.8, 4) is 5.75 Å². The maximum Gasteiger partial charge on any atom is 0.119 e. The Hall–Kier alpha value is -1.59. The summed E-state index contributed by atoms with van der Waals surface area (Å²) >= 11 is 2.25. The number of hydrogen-bond donors (Lipinski definition) is 1. The molecule has 0 heterocycles. The van der Waals surface area contributed by atoms with Gasteiger partial charge in [-0.05, 0) is 68.8 Å². The van der Waals surface area contributed by atoms with Gasteiger partial charge in [-0.1, -0.05) is 36.4 Å². The second kappa shape index (κ2) is 6.03. The molecule has 3 aromatic rings. The molecule has 0 aromatic heterocycles. The first kappa shape index (κ1) is 14.4. The molecule has 3 heteroatoms. The maximum atomic E-state index is 10.6. The van der Waals surface area contributed by atoms with Crippen LogP contribution in [0.15, 0.2) is 60.7 Å². The molecule has 1 N–H and O–H groups in total. The summed E-state index contributed by atoms with van der Waals surface area (Å²) in [5, 5.41) is 12.8. The van der Waals surface area contributed by atoms with Crippen LogP contribution in [-0.2, 0) is 0 Å². The van der Waals surface area contributed by atoms with E-state index in [9.17, 15) is 5.11 Å². The number of rotatable bonds is 3. The topological polar surface area (TPSA) is 29.5 Å². The zero-order valence-corrected chi connectivity index (χ0v) is 13.7. The summed E-state index contributed by atoms with van der Waals surface area (Å²) in [7, 11) is 1.66. The predicted molar refractivity (Wildman–Crippen MR) is 93.7 cm³/mol. The van der Waals surface area contributed by atoms with E-state index in [0.717, 1.165) is 31.2 Å². The van der Waals surface area contributed by atoms with Gasteiger partial charge in [-0.15, -0.1) is 0 Å². The van der Waals surface area contributed by atoms with E-state index in [0.29, 0.717) is 0 Å². The summed E-state index contributed by atoms with van der Waals surface area (Å²) in [4.78, 5) is 0. The molecule has 0 fully saturated rings. The highest BCUT2D eigenvalue weighted by molar-refractivity contribution is 14.1. The van der Waals surface area contributed by atoms with Crippen molar-refractivity contribution in [2.75, 3.05) is 7.11 Å². The van der Waals surface area contributed by atoms with Gasteiger partial charge in [0.25, 0.3) is 0 Å². The molecule has 0 aliphatic heterocycles. The Morgan fingerprint density at radius 2 is 1.67 bits per heavy atom. The molecule has 0 saturated carbocycles. The number of ether oxygens (including phenoxy) is 1. The van der Waals surface area contributed by atoms with Crippen LogP contribution in [0.2, 0.25) is 0 Å². The highest BCUT2D eigenvalue weighted by atomic mass is 127. The molecule has 1 unspecified atom stereocenters. The molecule has 0 aliphatic carbocycles. The van der Waals surface area contributed by atoms with E-state index in [4.69, 9.17) is 4.74 Å². The first-order valence-corrected chi connectivity index (χ1v) is 7.77. The normalized spacial score (nSPS) is 12.3. The second-order valence-corrected chi connectivity index (χ2v) is 6.06. The third-order valence-corrected chi connectivity index (χ3v) is 4.57. The fraction of sp³-hybridized carbons (Fsp3) is 0.111. The first-order chi connectivity index (χ1) is 10.2. The zero-order valence-electron chi connectivity index (χ0n) is 11.6. The van der Waals surface area contributed by atoms with E-state index >= 15 is 0 Å². The van der Waals surface area contributed by atoms with Crippen LogP contribution < -0.4 is 4.74 Å². The molecule has 106 valence electrons. The van der Waals surface area contributed by atoms with Crippen LogP contribution >= 0.6 is 22.6 Å². The van der Waals surface area contributed by atoms with Crippen molar-refractivity contribution >= 4 is 33.4 Å². The fourth-order valence-electron chi connectivity index (χ4n) is 2.42.